The first kappa shape index (κ1) is 21.0. The highest BCUT2D eigenvalue weighted by Crippen LogP contribution is 2.43. The van der Waals surface area contributed by atoms with Crippen LogP contribution in [0.4, 0.5) is 0 Å². The van der Waals surface area contributed by atoms with E-state index in [-0.39, 0.29) is 0 Å². The molecule has 0 saturated heterocycles. The zero-order chi connectivity index (χ0) is 25.5. The van der Waals surface area contributed by atoms with Crippen molar-refractivity contribution in [3.8, 4) is 17.2 Å². The Morgan fingerprint density at radius 2 is 1.33 bits per heavy atom. The molecule has 9 aromatic rings. The zero-order valence-electron chi connectivity index (χ0n) is 20.6. The highest BCUT2D eigenvalue weighted by atomic mass is 32.1. The molecule has 0 aliphatic rings. The van der Waals surface area contributed by atoms with E-state index in [0.29, 0.717) is 0 Å². The fraction of sp³-hybridized carbons (Fsp3) is 0. The second-order valence-corrected chi connectivity index (χ2v) is 10.9. The van der Waals surface area contributed by atoms with E-state index in [0.717, 1.165) is 65.8 Å². The number of aromatic nitrogens is 3. The minimum absolute atomic E-state index is 0.719. The lowest BCUT2D eigenvalue weighted by Crippen LogP contribution is -2.01. The average Bonchev–Trinajstić information content (AvgIpc) is 3.66. The van der Waals surface area contributed by atoms with Gasteiger partial charge >= 0.3 is 0 Å². The monoisotopic (exact) mass is 517 g/mol. The number of para-hydroxylation sites is 2. The summed E-state index contributed by atoms with van der Waals surface area (Å²) in [4.78, 5) is 10.4. The maximum absolute atomic E-state index is 6.33. The first-order valence-corrected chi connectivity index (χ1v) is 13.8. The maximum atomic E-state index is 6.33. The third kappa shape index (κ3) is 2.88. The van der Waals surface area contributed by atoms with Crippen molar-refractivity contribution in [2.24, 2.45) is 0 Å². The summed E-state index contributed by atoms with van der Waals surface area (Å²) in [6, 6.07) is 39.9. The number of hydrogen-bond donors (Lipinski definition) is 0. The summed E-state index contributed by atoms with van der Waals surface area (Å²) in [6.07, 6.45) is 0. The molecule has 0 radical (unpaired) electrons. The molecule has 5 aromatic carbocycles. The predicted octanol–water partition coefficient (Wildman–Crippen LogP) is 9.51. The van der Waals surface area contributed by atoms with Crippen LogP contribution >= 0.6 is 11.3 Å². The molecule has 5 heteroatoms. The Labute approximate surface area is 226 Å². The van der Waals surface area contributed by atoms with Gasteiger partial charge in [-0.2, -0.15) is 0 Å². The Morgan fingerprint density at radius 3 is 2.23 bits per heavy atom. The molecule has 4 nitrogen and oxygen atoms in total. The second kappa shape index (κ2) is 7.76. The smallest absolute Gasteiger partial charge is 0.162 e. The van der Waals surface area contributed by atoms with Crippen LogP contribution < -0.4 is 0 Å². The van der Waals surface area contributed by atoms with Crippen molar-refractivity contribution in [1.29, 1.82) is 0 Å². The van der Waals surface area contributed by atoms with Crippen molar-refractivity contribution in [2.75, 3.05) is 0 Å². The molecule has 0 fully saturated rings. The van der Waals surface area contributed by atoms with Gasteiger partial charge in [-0.05, 0) is 30.3 Å². The van der Waals surface area contributed by atoms with E-state index < -0.39 is 0 Å². The van der Waals surface area contributed by atoms with Crippen LogP contribution in [0, 0.1) is 0 Å². The van der Waals surface area contributed by atoms with Crippen LogP contribution in [0.15, 0.2) is 120 Å². The molecular formula is C34H19N3OS. The van der Waals surface area contributed by atoms with Gasteiger partial charge in [0.1, 0.15) is 11.2 Å². The van der Waals surface area contributed by atoms with Crippen molar-refractivity contribution >= 4 is 75.4 Å². The number of furan rings is 1. The number of rotatable bonds is 2. The minimum atomic E-state index is 0.719. The van der Waals surface area contributed by atoms with E-state index in [9.17, 15) is 0 Å². The molecule has 182 valence electrons. The molecule has 39 heavy (non-hydrogen) atoms. The fourth-order valence-electron chi connectivity index (χ4n) is 5.93. The van der Waals surface area contributed by atoms with Gasteiger partial charge in [0.2, 0.25) is 0 Å². The van der Waals surface area contributed by atoms with Crippen LogP contribution in [0.2, 0.25) is 0 Å². The first-order chi connectivity index (χ1) is 19.3. The molecule has 0 N–H and O–H groups in total. The lowest BCUT2D eigenvalue weighted by Gasteiger charge is -2.11. The molecular weight excluding hydrogens is 498 g/mol. The van der Waals surface area contributed by atoms with Gasteiger partial charge in [-0.25, -0.2) is 9.97 Å². The molecule has 0 aliphatic carbocycles. The molecule has 0 unspecified atom stereocenters. The Hall–Kier alpha value is -5.00. The number of fused-ring (bicyclic) bond motifs is 10. The summed E-state index contributed by atoms with van der Waals surface area (Å²) in [5.41, 5.74) is 5.95. The standard InChI is InChI=1S/C34H19N3OS/c1-2-10-20(11-3-1)33-35-30-24-14-6-9-17-28(24)39-32(30)34(36-33)37-25-15-7-4-12-21(25)22-18-19-27-29(31(22)37)23-13-5-8-16-26(23)38-27/h1-19H. The zero-order valence-corrected chi connectivity index (χ0v) is 21.4. The highest BCUT2D eigenvalue weighted by Gasteiger charge is 2.23. The SMILES string of the molecule is c1ccc(-c2nc(-n3c4ccccc4c4ccc5oc6ccccc6c5c43)c3sc4ccccc4c3n2)cc1. The van der Waals surface area contributed by atoms with Gasteiger partial charge in [0.05, 0.1) is 26.6 Å². The maximum Gasteiger partial charge on any atom is 0.162 e. The molecule has 9 rings (SSSR count). The van der Waals surface area contributed by atoms with E-state index in [1.807, 2.05) is 30.3 Å². The van der Waals surface area contributed by atoms with E-state index in [2.05, 4.69) is 89.5 Å². The summed E-state index contributed by atoms with van der Waals surface area (Å²) in [7, 11) is 0. The van der Waals surface area contributed by atoms with Gasteiger partial charge in [-0.1, -0.05) is 84.9 Å². The van der Waals surface area contributed by atoms with E-state index in [4.69, 9.17) is 14.4 Å². The third-order valence-electron chi connectivity index (χ3n) is 7.62. The summed E-state index contributed by atoms with van der Waals surface area (Å²) in [6.45, 7) is 0. The molecule has 4 aromatic heterocycles. The molecule has 4 heterocycles. The second-order valence-electron chi connectivity index (χ2n) is 9.80. The van der Waals surface area contributed by atoms with Crippen LogP contribution in [-0.2, 0) is 0 Å². The lowest BCUT2D eigenvalue weighted by molar-refractivity contribution is 0.669. The van der Waals surface area contributed by atoms with Crippen LogP contribution in [0.5, 0.6) is 0 Å². The molecule has 0 bridgehead atoms. The topological polar surface area (TPSA) is 43.9 Å². The number of thiophene rings is 1. The summed E-state index contributed by atoms with van der Waals surface area (Å²) < 4.78 is 10.9. The number of benzene rings is 5. The average molecular weight is 518 g/mol. The molecule has 0 atom stereocenters. The Morgan fingerprint density at radius 1 is 0.590 bits per heavy atom. The van der Waals surface area contributed by atoms with Gasteiger partial charge in [0, 0.05) is 31.8 Å². The van der Waals surface area contributed by atoms with E-state index in [1.165, 1.54) is 15.5 Å². The van der Waals surface area contributed by atoms with Crippen molar-refractivity contribution in [1.82, 2.24) is 14.5 Å². The Balaban J connectivity index is 1.54. The van der Waals surface area contributed by atoms with Crippen LogP contribution in [0.3, 0.4) is 0 Å². The molecule has 0 saturated carbocycles. The number of nitrogens with zero attached hydrogens (tertiary/aromatic N) is 3. The largest absolute Gasteiger partial charge is 0.456 e. The Kier molecular flexibility index (Phi) is 4.18. The summed E-state index contributed by atoms with van der Waals surface area (Å²) >= 11 is 1.75. The summed E-state index contributed by atoms with van der Waals surface area (Å²) in [5.74, 6) is 1.61. The minimum Gasteiger partial charge on any atom is -0.456 e. The summed E-state index contributed by atoms with van der Waals surface area (Å²) in [5, 5.41) is 5.73. The predicted molar refractivity (Wildman–Crippen MR) is 162 cm³/mol. The van der Waals surface area contributed by atoms with Crippen LogP contribution in [0.1, 0.15) is 0 Å². The van der Waals surface area contributed by atoms with Crippen molar-refractivity contribution in [3.05, 3.63) is 115 Å². The van der Waals surface area contributed by atoms with Gasteiger partial charge < -0.3 is 4.42 Å². The first-order valence-electron chi connectivity index (χ1n) is 12.9. The van der Waals surface area contributed by atoms with Gasteiger partial charge in [0.25, 0.3) is 0 Å². The third-order valence-corrected chi connectivity index (χ3v) is 8.78. The van der Waals surface area contributed by atoms with E-state index >= 15 is 0 Å². The van der Waals surface area contributed by atoms with E-state index in [1.54, 1.807) is 11.3 Å². The molecule has 0 amide bonds. The fourth-order valence-corrected chi connectivity index (χ4v) is 7.05. The molecule has 0 spiro atoms. The van der Waals surface area contributed by atoms with Gasteiger partial charge in [-0.3, -0.25) is 4.57 Å². The van der Waals surface area contributed by atoms with Gasteiger partial charge in [-0.15, -0.1) is 11.3 Å². The van der Waals surface area contributed by atoms with Crippen LogP contribution in [-0.4, -0.2) is 14.5 Å². The lowest BCUT2D eigenvalue weighted by atomic mass is 10.1. The Bertz CT molecular complexity index is 2400. The normalized spacial score (nSPS) is 12.1. The van der Waals surface area contributed by atoms with Crippen molar-refractivity contribution < 1.29 is 4.42 Å². The quantitative estimate of drug-likeness (QED) is 0.229. The highest BCUT2D eigenvalue weighted by molar-refractivity contribution is 7.26. The van der Waals surface area contributed by atoms with Gasteiger partial charge in [0.15, 0.2) is 11.6 Å². The number of hydrogen-bond acceptors (Lipinski definition) is 4. The molecule has 0 aliphatic heterocycles. The van der Waals surface area contributed by atoms with Crippen LogP contribution in [0.25, 0.3) is 81.3 Å². The van der Waals surface area contributed by atoms with Crippen molar-refractivity contribution in [3.63, 3.8) is 0 Å². The van der Waals surface area contributed by atoms with Crippen molar-refractivity contribution in [2.45, 2.75) is 0 Å².